The van der Waals surface area contributed by atoms with Gasteiger partial charge in [0.1, 0.15) is 5.75 Å². The second-order valence-electron chi connectivity index (χ2n) is 4.67. The Kier molecular flexibility index (Phi) is 2.16. The molecule has 1 nitrogen and oxygen atoms in total. The first-order chi connectivity index (χ1) is 7.68. The highest BCUT2D eigenvalue weighted by atomic mass is 19.3. The van der Waals surface area contributed by atoms with Gasteiger partial charge in [0.05, 0.1) is 6.61 Å². The Hall–Kier alpha value is -1.12. The van der Waals surface area contributed by atoms with Crippen molar-refractivity contribution in [1.29, 1.82) is 0 Å². The Morgan fingerprint density at radius 1 is 1.25 bits per heavy atom. The highest BCUT2D eigenvalue weighted by Gasteiger charge is 2.48. The molecule has 3 rings (SSSR count). The summed E-state index contributed by atoms with van der Waals surface area (Å²) in [6, 6.07) is 4.84. The van der Waals surface area contributed by atoms with Crippen LogP contribution >= 0.6 is 0 Å². The molecule has 0 atom stereocenters. The Morgan fingerprint density at radius 2 is 2.06 bits per heavy atom. The molecule has 1 fully saturated rings. The first kappa shape index (κ1) is 10.1. The molecule has 16 heavy (non-hydrogen) atoms. The summed E-state index contributed by atoms with van der Waals surface area (Å²) in [6.45, 7) is 0.700. The summed E-state index contributed by atoms with van der Waals surface area (Å²) in [5, 5.41) is 0. The highest BCUT2D eigenvalue weighted by Crippen LogP contribution is 2.50. The normalized spacial score (nSPS) is 20.1. The van der Waals surface area contributed by atoms with Crippen LogP contribution in [-0.2, 0) is 12.3 Å². The van der Waals surface area contributed by atoms with Crippen molar-refractivity contribution in [2.24, 2.45) is 5.92 Å². The predicted octanol–water partition coefficient (Wildman–Crippen LogP) is 3.51. The smallest absolute Gasteiger partial charge is 0.276 e. The van der Waals surface area contributed by atoms with Gasteiger partial charge in [-0.05, 0) is 49.4 Å². The van der Waals surface area contributed by atoms with E-state index in [1.165, 1.54) is 6.07 Å². The molecule has 2 aliphatic rings. The number of rotatable bonds is 2. The van der Waals surface area contributed by atoms with Crippen LogP contribution in [0, 0.1) is 5.92 Å². The number of alkyl halides is 2. The van der Waals surface area contributed by atoms with Gasteiger partial charge >= 0.3 is 0 Å². The van der Waals surface area contributed by atoms with E-state index in [4.69, 9.17) is 4.74 Å². The van der Waals surface area contributed by atoms with Gasteiger partial charge in [-0.15, -0.1) is 0 Å². The molecule has 0 radical (unpaired) electrons. The minimum atomic E-state index is -2.65. The van der Waals surface area contributed by atoms with Crippen LogP contribution in [0.4, 0.5) is 8.78 Å². The van der Waals surface area contributed by atoms with E-state index in [2.05, 4.69) is 0 Å². The maximum Gasteiger partial charge on any atom is 0.276 e. The summed E-state index contributed by atoms with van der Waals surface area (Å²) in [7, 11) is 0. The fourth-order valence-corrected chi connectivity index (χ4v) is 2.25. The molecule has 0 N–H and O–H groups in total. The maximum atomic E-state index is 13.9. The molecular weight excluding hydrogens is 210 g/mol. The zero-order valence-electron chi connectivity index (χ0n) is 9.01. The average molecular weight is 224 g/mol. The molecule has 1 aromatic rings. The van der Waals surface area contributed by atoms with Gasteiger partial charge in [0, 0.05) is 11.5 Å². The monoisotopic (exact) mass is 224 g/mol. The number of halogens is 2. The van der Waals surface area contributed by atoms with Crippen LogP contribution in [0.3, 0.4) is 0 Å². The van der Waals surface area contributed by atoms with Gasteiger partial charge in [0.2, 0.25) is 0 Å². The molecule has 1 aromatic carbocycles. The Morgan fingerprint density at radius 3 is 2.81 bits per heavy atom. The van der Waals surface area contributed by atoms with Crippen molar-refractivity contribution in [3.05, 3.63) is 29.3 Å². The predicted molar refractivity (Wildman–Crippen MR) is 56.9 cm³/mol. The lowest BCUT2D eigenvalue weighted by molar-refractivity contribution is -0.0286. The van der Waals surface area contributed by atoms with E-state index in [-0.39, 0.29) is 5.56 Å². The molecule has 0 aromatic heterocycles. The SMILES string of the molecule is FC(F)(c1ccc2c(c1)CCCO2)C1CC1. The quantitative estimate of drug-likeness (QED) is 0.747. The number of fused-ring (bicyclic) bond motifs is 1. The molecule has 0 saturated heterocycles. The summed E-state index contributed by atoms with van der Waals surface area (Å²) in [4.78, 5) is 0. The molecule has 0 unspecified atom stereocenters. The molecule has 0 amide bonds. The summed E-state index contributed by atoms with van der Waals surface area (Å²) >= 11 is 0. The van der Waals surface area contributed by atoms with Gasteiger partial charge in [-0.25, -0.2) is 8.78 Å². The van der Waals surface area contributed by atoms with Crippen molar-refractivity contribution >= 4 is 0 Å². The van der Waals surface area contributed by atoms with E-state index in [1.54, 1.807) is 12.1 Å². The summed E-state index contributed by atoms with van der Waals surface area (Å²) < 4.78 is 33.2. The third-order valence-electron chi connectivity index (χ3n) is 3.38. The minimum absolute atomic E-state index is 0.166. The summed E-state index contributed by atoms with van der Waals surface area (Å²) in [6.07, 6.45) is 3.08. The number of hydrogen-bond donors (Lipinski definition) is 0. The molecule has 0 bridgehead atoms. The fraction of sp³-hybridized carbons (Fsp3) is 0.538. The van der Waals surface area contributed by atoms with Gasteiger partial charge in [-0.2, -0.15) is 0 Å². The van der Waals surface area contributed by atoms with Crippen molar-refractivity contribution in [1.82, 2.24) is 0 Å². The van der Waals surface area contributed by atoms with E-state index in [0.29, 0.717) is 19.4 Å². The molecule has 1 aliphatic heterocycles. The second-order valence-corrected chi connectivity index (χ2v) is 4.67. The van der Waals surface area contributed by atoms with E-state index in [9.17, 15) is 8.78 Å². The third-order valence-corrected chi connectivity index (χ3v) is 3.38. The lowest BCUT2D eigenvalue weighted by Crippen LogP contribution is -2.17. The summed E-state index contributed by atoms with van der Waals surface area (Å²) in [5.41, 5.74) is 1.10. The van der Waals surface area contributed by atoms with E-state index < -0.39 is 11.8 Å². The molecule has 1 heterocycles. The van der Waals surface area contributed by atoms with Crippen LogP contribution in [0.5, 0.6) is 5.75 Å². The Balaban J connectivity index is 1.96. The Labute approximate surface area is 93.4 Å². The molecule has 1 aliphatic carbocycles. The molecular formula is C13H14F2O. The number of benzene rings is 1. The van der Waals surface area contributed by atoms with Crippen molar-refractivity contribution < 1.29 is 13.5 Å². The molecule has 3 heteroatoms. The standard InChI is InChI=1S/C13H14F2O/c14-13(15,10-3-4-10)11-5-6-12-9(8-11)2-1-7-16-12/h5-6,8,10H,1-4,7H2. The van der Waals surface area contributed by atoms with Gasteiger partial charge < -0.3 is 4.74 Å². The average Bonchev–Trinajstić information content (AvgIpc) is 3.12. The number of hydrogen-bond acceptors (Lipinski definition) is 1. The van der Waals surface area contributed by atoms with Crippen molar-refractivity contribution in [3.8, 4) is 5.75 Å². The fourth-order valence-electron chi connectivity index (χ4n) is 2.25. The van der Waals surface area contributed by atoms with Crippen molar-refractivity contribution in [2.45, 2.75) is 31.6 Å². The summed E-state index contributed by atoms with van der Waals surface area (Å²) in [5.74, 6) is -2.30. The van der Waals surface area contributed by atoms with Crippen LogP contribution in [0.1, 0.15) is 30.4 Å². The molecule has 86 valence electrons. The lowest BCUT2D eigenvalue weighted by Gasteiger charge is -2.21. The van der Waals surface area contributed by atoms with Crippen molar-refractivity contribution in [3.63, 3.8) is 0 Å². The van der Waals surface area contributed by atoms with Gasteiger partial charge in [0.15, 0.2) is 0 Å². The van der Waals surface area contributed by atoms with Crippen LogP contribution in [0.15, 0.2) is 18.2 Å². The van der Waals surface area contributed by atoms with Crippen LogP contribution in [0.25, 0.3) is 0 Å². The number of ether oxygens (including phenoxy) is 1. The maximum absolute atomic E-state index is 13.9. The van der Waals surface area contributed by atoms with E-state index in [0.717, 1.165) is 24.2 Å². The van der Waals surface area contributed by atoms with Gasteiger partial charge in [-0.1, -0.05) is 0 Å². The molecule has 0 spiro atoms. The van der Waals surface area contributed by atoms with Crippen LogP contribution in [0.2, 0.25) is 0 Å². The van der Waals surface area contributed by atoms with Crippen LogP contribution in [-0.4, -0.2) is 6.61 Å². The second kappa shape index (κ2) is 3.44. The first-order valence-corrected chi connectivity index (χ1v) is 5.82. The zero-order chi connectivity index (χ0) is 11.2. The van der Waals surface area contributed by atoms with Crippen LogP contribution < -0.4 is 4.74 Å². The van der Waals surface area contributed by atoms with E-state index >= 15 is 0 Å². The Bertz CT molecular complexity index is 410. The third kappa shape index (κ3) is 1.58. The van der Waals surface area contributed by atoms with Crippen molar-refractivity contribution in [2.75, 3.05) is 6.61 Å². The largest absolute Gasteiger partial charge is 0.493 e. The highest BCUT2D eigenvalue weighted by molar-refractivity contribution is 5.40. The topological polar surface area (TPSA) is 9.23 Å². The van der Waals surface area contributed by atoms with Gasteiger partial charge in [0.25, 0.3) is 5.92 Å². The van der Waals surface area contributed by atoms with E-state index in [1.807, 2.05) is 0 Å². The number of aryl methyl sites for hydroxylation is 1. The van der Waals surface area contributed by atoms with Gasteiger partial charge in [-0.3, -0.25) is 0 Å². The lowest BCUT2D eigenvalue weighted by atomic mass is 9.98. The zero-order valence-corrected chi connectivity index (χ0v) is 9.01. The minimum Gasteiger partial charge on any atom is -0.493 e. The molecule has 1 saturated carbocycles. The first-order valence-electron chi connectivity index (χ1n) is 5.82.